The van der Waals surface area contributed by atoms with Gasteiger partial charge in [-0.05, 0) is 12.1 Å². The predicted molar refractivity (Wildman–Crippen MR) is 74.2 cm³/mol. The first kappa shape index (κ1) is 28.7. The SMILES string of the molecule is Oc1ccccc1OCC(F)(F)C(F)(F)C(F)(F)C(F)(F)C(F)(F)C(F)(F)C(F)(F)C(F)F. The van der Waals surface area contributed by atoms with Crippen molar-refractivity contribution < 1.29 is 80.1 Å². The molecule has 192 valence electrons. The second-order valence-electron chi connectivity index (χ2n) is 6.26. The summed E-state index contributed by atoms with van der Waals surface area (Å²) in [6, 6.07) is 3.11. The number of halogens is 16. The number of phenolic OH excluding ortho intramolecular Hbond substituents is 1. The largest absolute Gasteiger partial charge is 0.504 e. The molecule has 0 aliphatic heterocycles. The highest BCUT2D eigenvalue weighted by Gasteiger charge is 2.93. The van der Waals surface area contributed by atoms with E-state index in [2.05, 4.69) is 4.74 Å². The van der Waals surface area contributed by atoms with Crippen LogP contribution in [0.25, 0.3) is 0 Å². The number of benzene rings is 1. The van der Waals surface area contributed by atoms with Crippen molar-refractivity contribution in [2.75, 3.05) is 6.61 Å². The molecule has 1 aromatic rings. The molecule has 0 saturated carbocycles. The number of hydrogen-bond acceptors (Lipinski definition) is 2. The number of phenols is 1. The van der Waals surface area contributed by atoms with Crippen LogP contribution in [0, 0.1) is 0 Å². The minimum Gasteiger partial charge on any atom is -0.504 e. The Morgan fingerprint density at radius 3 is 1.45 bits per heavy atom. The van der Waals surface area contributed by atoms with E-state index in [0.717, 1.165) is 12.1 Å². The summed E-state index contributed by atoms with van der Waals surface area (Å²) < 4.78 is 214. The predicted octanol–water partition coefficient (Wildman–Crippen LogP) is 6.48. The van der Waals surface area contributed by atoms with E-state index in [1.165, 1.54) is 0 Å². The topological polar surface area (TPSA) is 29.5 Å². The standard InChI is InChI=1S/C15H8F16O2/c16-8(17)10(20,21)12(24,25)14(28,29)15(30,31)13(26,27)11(22,23)9(18,19)5-33-7-4-2-1-3-6(7)32/h1-4,8,32H,5H2. The van der Waals surface area contributed by atoms with E-state index >= 15 is 0 Å². The summed E-state index contributed by atoms with van der Waals surface area (Å²) in [7, 11) is 0. The molecule has 0 bridgehead atoms. The smallest absolute Gasteiger partial charge is 0.385 e. The van der Waals surface area contributed by atoms with Crippen molar-refractivity contribution in [2.24, 2.45) is 0 Å². The fourth-order valence-corrected chi connectivity index (χ4v) is 2.01. The molecule has 2 nitrogen and oxygen atoms in total. The second-order valence-corrected chi connectivity index (χ2v) is 6.26. The summed E-state index contributed by atoms with van der Waals surface area (Å²) in [5.41, 5.74) is 0. The van der Waals surface area contributed by atoms with Gasteiger partial charge >= 0.3 is 47.9 Å². The molecule has 0 unspecified atom stereocenters. The zero-order valence-electron chi connectivity index (χ0n) is 15.0. The lowest BCUT2D eigenvalue weighted by molar-refractivity contribution is -0.447. The lowest BCUT2D eigenvalue weighted by Gasteiger charge is -2.42. The third-order valence-electron chi connectivity index (χ3n) is 4.00. The van der Waals surface area contributed by atoms with Crippen LogP contribution in [0.15, 0.2) is 24.3 Å². The van der Waals surface area contributed by atoms with Crippen molar-refractivity contribution >= 4 is 0 Å². The van der Waals surface area contributed by atoms with Crippen molar-refractivity contribution in [3.05, 3.63) is 24.3 Å². The van der Waals surface area contributed by atoms with E-state index in [9.17, 15) is 75.4 Å². The molecule has 1 rings (SSSR count). The van der Waals surface area contributed by atoms with Crippen LogP contribution < -0.4 is 4.74 Å². The van der Waals surface area contributed by atoms with Crippen LogP contribution in [-0.2, 0) is 0 Å². The van der Waals surface area contributed by atoms with Crippen LogP contribution >= 0.6 is 0 Å². The number of ether oxygens (including phenoxy) is 1. The lowest BCUT2D eigenvalue weighted by Crippen LogP contribution is -2.74. The fourth-order valence-electron chi connectivity index (χ4n) is 2.01. The quantitative estimate of drug-likeness (QED) is 0.355. The van der Waals surface area contributed by atoms with Crippen molar-refractivity contribution in [3.8, 4) is 11.5 Å². The third kappa shape index (κ3) is 4.08. The summed E-state index contributed by atoms with van der Waals surface area (Å²) in [5, 5.41) is 9.18. The molecule has 0 spiro atoms. The Morgan fingerprint density at radius 1 is 0.636 bits per heavy atom. The maximum Gasteiger partial charge on any atom is 0.385 e. The zero-order chi connectivity index (χ0) is 26.5. The maximum absolute atomic E-state index is 13.6. The molecule has 1 aromatic carbocycles. The van der Waals surface area contributed by atoms with Gasteiger partial charge in [-0.3, -0.25) is 0 Å². The van der Waals surface area contributed by atoms with Crippen molar-refractivity contribution in [1.82, 2.24) is 0 Å². The van der Waals surface area contributed by atoms with Gasteiger partial charge in [-0.1, -0.05) is 12.1 Å². The Labute approximate surface area is 171 Å². The van der Waals surface area contributed by atoms with Gasteiger partial charge in [-0.25, -0.2) is 8.78 Å². The highest BCUT2D eigenvalue weighted by atomic mass is 19.4. The molecule has 0 fully saturated rings. The van der Waals surface area contributed by atoms with Gasteiger partial charge in [0.05, 0.1) is 0 Å². The van der Waals surface area contributed by atoms with E-state index < -0.39 is 66.0 Å². The summed E-state index contributed by atoms with van der Waals surface area (Å²) >= 11 is 0. The molecule has 33 heavy (non-hydrogen) atoms. The van der Waals surface area contributed by atoms with Crippen molar-refractivity contribution in [1.29, 1.82) is 0 Å². The Morgan fingerprint density at radius 2 is 1.03 bits per heavy atom. The summed E-state index contributed by atoms with van der Waals surface area (Å²) in [6.45, 7) is -3.06. The lowest BCUT2D eigenvalue weighted by atomic mass is 9.89. The van der Waals surface area contributed by atoms with Gasteiger partial charge in [0, 0.05) is 0 Å². The Hall–Kier alpha value is -2.30. The Balaban J connectivity index is 3.44. The molecule has 0 radical (unpaired) electrons. The Kier molecular flexibility index (Phi) is 7.12. The maximum atomic E-state index is 13.6. The van der Waals surface area contributed by atoms with Gasteiger partial charge in [0.25, 0.3) is 0 Å². The molecule has 0 atom stereocenters. The van der Waals surface area contributed by atoms with E-state index in [0.29, 0.717) is 12.1 Å². The zero-order valence-corrected chi connectivity index (χ0v) is 15.0. The Bertz CT molecular complexity index is 835. The molecule has 0 aliphatic rings. The van der Waals surface area contributed by atoms with Crippen LogP contribution in [0.5, 0.6) is 11.5 Å². The van der Waals surface area contributed by atoms with Crippen LogP contribution in [0.1, 0.15) is 0 Å². The molecule has 0 saturated heterocycles. The van der Waals surface area contributed by atoms with Gasteiger partial charge in [0.1, 0.15) is 0 Å². The van der Waals surface area contributed by atoms with Crippen LogP contribution in [-0.4, -0.2) is 59.6 Å². The van der Waals surface area contributed by atoms with E-state index in [1.807, 2.05) is 0 Å². The van der Waals surface area contributed by atoms with E-state index in [-0.39, 0.29) is 0 Å². The highest BCUT2D eigenvalue weighted by Crippen LogP contribution is 2.62. The van der Waals surface area contributed by atoms with Gasteiger partial charge in [-0.15, -0.1) is 0 Å². The van der Waals surface area contributed by atoms with Crippen molar-refractivity contribution in [2.45, 2.75) is 47.9 Å². The van der Waals surface area contributed by atoms with Crippen LogP contribution in [0.2, 0.25) is 0 Å². The van der Waals surface area contributed by atoms with Crippen LogP contribution in [0.3, 0.4) is 0 Å². The molecule has 18 heteroatoms. The second kappa shape index (κ2) is 8.18. The first-order chi connectivity index (χ1) is 14.4. The molecule has 0 aliphatic carbocycles. The highest BCUT2D eigenvalue weighted by molar-refractivity contribution is 5.38. The first-order valence-corrected chi connectivity index (χ1v) is 7.77. The van der Waals surface area contributed by atoms with Gasteiger partial charge < -0.3 is 9.84 Å². The van der Waals surface area contributed by atoms with Crippen LogP contribution in [0.4, 0.5) is 70.2 Å². The normalized spacial score (nSPS) is 15.2. The average Bonchev–Trinajstić information content (AvgIpc) is 2.66. The molecule has 1 N–H and O–H groups in total. The fraction of sp³-hybridized carbons (Fsp3) is 0.600. The molecule has 0 amide bonds. The molecule has 0 heterocycles. The number of alkyl halides is 16. The minimum absolute atomic E-state index is 0.553. The summed E-state index contributed by atoms with van der Waals surface area (Å²) in [6.07, 6.45) is -5.89. The van der Waals surface area contributed by atoms with Gasteiger partial charge in [0.15, 0.2) is 18.1 Å². The summed E-state index contributed by atoms with van der Waals surface area (Å²) in [4.78, 5) is 0. The molecular weight excluding hydrogens is 516 g/mol. The van der Waals surface area contributed by atoms with Gasteiger partial charge in [0.2, 0.25) is 0 Å². The molecular formula is C15H8F16O2. The number of hydrogen-bond donors (Lipinski definition) is 1. The van der Waals surface area contributed by atoms with E-state index in [1.54, 1.807) is 0 Å². The number of para-hydroxylation sites is 2. The average molecular weight is 524 g/mol. The third-order valence-corrected chi connectivity index (χ3v) is 4.00. The van der Waals surface area contributed by atoms with Gasteiger partial charge in [-0.2, -0.15) is 61.5 Å². The van der Waals surface area contributed by atoms with E-state index in [4.69, 9.17) is 0 Å². The molecule has 0 aromatic heterocycles. The monoisotopic (exact) mass is 524 g/mol. The minimum atomic E-state index is -8.45. The van der Waals surface area contributed by atoms with Crippen molar-refractivity contribution in [3.63, 3.8) is 0 Å². The number of rotatable bonds is 10. The number of aromatic hydroxyl groups is 1. The summed E-state index contributed by atoms with van der Waals surface area (Å²) in [5.74, 6) is -57.3. The first-order valence-electron chi connectivity index (χ1n) is 7.77.